The Balaban J connectivity index is 2.00. The van der Waals surface area contributed by atoms with Gasteiger partial charge in [-0.15, -0.1) is 0 Å². The molecular formula is C15H18N2O4S2. The van der Waals surface area contributed by atoms with Crippen molar-refractivity contribution < 1.29 is 16.8 Å². The van der Waals surface area contributed by atoms with Crippen LogP contribution in [0.1, 0.15) is 5.56 Å². The Morgan fingerprint density at radius 3 is 2.04 bits per heavy atom. The van der Waals surface area contributed by atoms with Gasteiger partial charge in [0.1, 0.15) is 0 Å². The molecule has 0 atom stereocenters. The lowest BCUT2D eigenvalue weighted by Gasteiger charge is -2.09. The summed E-state index contributed by atoms with van der Waals surface area (Å²) in [5, 5.41) is 0. The molecule has 0 radical (unpaired) electrons. The fourth-order valence-corrected chi connectivity index (χ4v) is 3.49. The number of benzene rings is 2. The minimum atomic E-state index is -3.60. The maximum absolute atomic E-state index is 12.2. The monoisotopic (exact) mass is 354 g/mol. The smallest absolute Gasteiger partial charge is 0.261 e. The van der Waals surface area contributed by atoms with E-state index in [0.717, 1.165) is 11.8 Å². The van der Waals surface area contributed by atoms with Crippen molar-refractivity contribution in [3.05, 3.63) is 60.2 Å². The zero-order valence-electron chi connectivity index (χ0n) is 12.6. The summed E-state index contributed by atoms with van der Waals surface area (Å²) < 4.78 is 51.2. The summed E-state index contributed by atoms with van der Waals surface area (Å²) in [6, 6.07) is 14.9. The van der Waals surface area contributed by atoms with E-state index in [1.54, 1.807) is 42.5 Å². The molecule has 2 aromatic rings. The van der Waals surface area contributed by atoms with Gasteiger partial charge < -0.3 is 0 Å². The van der Waals surface area contributed by atoms with E-state index in [-0.39, 0.29) is 4.90 Å². The van der Waals surface area contributed by atoms with E-state index < -0.39 is 20.0 Å². The number of hydrogen-bond acceptors (Lipinski definition) is 4. The largest absolute Gasteiger partial charge is 0.280 e. The molecule has 0 aliphatic carbocycles. The van der Waals surface area contributed by atoms with Crippen molar-refractivity contribution in [3.8, 4) is 0 Å². The van der Waals surface area contributed by atoms with Gasteiger partial charge >= 0.3 is 0 Å². The van der Waals surface area contributed by atoms with E-state index >= 15 is 0 Å². The molecule has 2 aromatic carbocycles. The lowest BCUT2D eigenvalue weighted by molar-refractivity contribution is 0.587. The van der Waals surface area contributed by atoms with Crippen LogP contribution >= 0.6 is 0 Å². The molecule has 0 spiro atoms. The van der Waals surface area contributed by atoms with E-state index in [9.17, 15) is 16.8 Å². The number of nitrogens with one attached hydrogen (secondary N) is 2. The number of sulfonamides is 2. The van der Waals surface area contributed by atoms with Crippen molar-refractivity contribution in [2.75, 3.05) is 17.5 Å². The van der Waals surface area contributed by atoms with Crippen molar-refractivity contribution in [2.24, 2.45) is 0 Å². The molecule has 0 saturated carbocycles. The van der Waals surface area contributed by atoms with Gasteiger partial charge in [-0.05, 0) is 36.2 Å². The Kier molecular flexibility index (Phi) is 5.40. The minimum Gasteiger partial charge on any atom is -0.280 e. The van der Waals surface area contributed by atoms with Crippen LogP contribution in [-0.4, -0.2) is 29.6 Å². The molecule has 2 rings (SSSR count). The first-order chi connectivity index (χ1) is 10.8. The summed E-state index contributed by atoms with van der Waals surface area (Å²) >= 11 is 0. The van der Waals surface area contributed by atoms with Crippen LogP contribution in [0.15, 0.2) is 59.5 Å². The number of rotatable bonds is 7. The molecular weight excluding hydrogens is 336 g/mol. The van der Waals surface area contributed by atoms with Crippen LogP contribution in [-0.2, 0) is 26.5 Å². The molecule has 0 aliphatic heterocycles. The first kappa shape index (κ1) is 17.5. The van der Waals surface area contributed by atoms with Crippen molar-refractivity contribution in [1.82, 2.24) is 4.72 Å². The van der Waals surface area contributed by atoms with E-state index in [1.807, 2.05) is 0 Å². The van der Waals surface area contributed by atoms with Gasteiger partial charge in [-0.1, -0.05) is 30.3 Å². The zero-order valence-corrected chi connectivity index (χ0v) is 14.2. The first-order valence-corrected chi connectivity index (χ1v) is 10.3. The molecule has 0 bridgehead atoms. The first-order valence-electron chi connectivity index (χ1n) is 6.88. The topological polar surface area (TPSA) is 92.3 Å². The highest BCUT2D eigenvalue weighted by molar-refractivity contribution is 7.92. The highest BCUT2D eigenvalue weighted by Crippen LogP contribution is 2.16. The maximum Gasteiger partial charge on any atom is 0.261 e. The van der Waals surface area contributed by atoms with Crippen LogP contribution in [0.3, 0.4) is 0 Å². The Morgan fingerprint density at radius 1 is 0.870 bits per heavy atom. The van der Waals surface area contributed by atoms with Crippen LogP contribution in [0.4, 0.5) is 5.69 Å². The Hall–Kier alpha value is -1.90. The molecule has 2 N–H and O–H groups in total. The predicted octanol–water partition coefficient (Wildman–Crippen LogP) is 1.58. The molecule has 0 aliphatic rings. The fraction of sp³-hybridized carbons (Fsp3) is 0.200. The van der Waals surface area contributed by atoms with Gasteiger partial charge in [0.05, 0.1) is 11.2 Å². The normalized spacial score (nSPS) is 12.0. The van der Waals surface area contributed by atoms with Gasteiger partial charge in [0.2, 0.25) is 10.0 Å². The van der Waals surface area contributed by atoms with E-state index in [0.29, 0.717) is 18.7 Å². The summed E-state index contributed by atoms with van der Waals surface area (Å²) in [5.74, 6) is 0. The second-order valence-electron chi connectivity index (χ2n) is 5.03. The SMILES string of the molecule is CS(=O)(=O)NCCc1ccc(NS(=O)(=O)c2ccccc2)cc1. The van der Waals surface area contributed by atoms with E-state index in [1.165, 1.54) is 12.1 Å². The lowest BCUT2D eigenvalue weighted by Crippen LogP contribution is -2.24. The highest BCUT2D eigenvalue weighted by atomic mass is 32.2. The van der Waals surface area contributed by atoms with Crippen molar-refractivity contribution in [3.63, 3.8) is 0 Å². The summed E-state index contributed by atoms with van der Waals surface area (Å²) in [6.45, 7) is 0.300. The van der Waals surface area contributed by atoms with E-state index in [4.69, 9.17) is 0 Å². The Bertz CT molecular complexity index is 846. The molecule has 124 valence electrons. The van der Waals surface area contributed by atoms with Crippen molar-refractivity contribution in [2.45, 2.75) is 11.3 Å². The van der Waals surface area contributed by atoms with Crippen molar-refractivity contribution in [1.29, 1.82) is 0 Å². The summed E-state index contributed by atoms with van der Waals surface area (Å²) in [5.41, 5.74) is 1.36. The molecule has 0 heterocycles. The van der Waals surface area contributed by atoms with Gasteiger partial charge in [-0.3, -0.25) is 4.72 Å². The quantitative estimate of drug-likeness (QED) is 0.789. The van der Waals surface area contributed by atoms with E-state index in [2.05, 4.69) is 9.44 Å². The summed E-state index contributed by atoms with van der Waals surface area (Å²) in [6.07, 6.45) is 1.63. The molecule has 0 amide bonds. The molecule has 23 heavy (non-hydrogen) atoms. The molecule has 0 unspecified atom stereocenters. The fourth-order valence-electron chi connectivity index (χ4n) is 1.93. The second kappa shape index (κ2) is 7.12. The van der Waals surface area contributed by atoms with Crippen molar-refractivity contribution >= 4 is 25.7 Å². The van der Waals surface area contributed by atoms with Crippen LogP contribution in [0.5, 0.6) is 0 Å². The van der Waals surface area contributed by atoms with Crippen LogP contribution < -0.4 is 9.44 Å². The highest BCUT2D eigenvalue weighted by Gasteiger charge is 2.13. The number of anilines is 1. The second-order valence-corrected chi connectivity index (χ2v) is 8.55. The van der Waals surface area contributed by atoms with Gasteiger partial charge in [0, 0.05) is 12.2 Å². The summed E-state index contributed by atoms with van der Waals surface area (Å²) in [4.78, 5) is 0.196. The molecule has 8 heteroatoms. The maximum atomic E-state index is 12.2. The third-order valence-electron chi connectivity index (χ3n) is 3.04. The van der Waals surface area contributed by atoms with Crippen LogP contribution in [0, 0.1) is 0 Å². The van der Waals surface area contributed by atoms with Gasteiger partial charge in [0.25, 0.3) is 10.0 Å². The molecule has 0 fully saturated rings. The standard InChI is InChI=1S/C15H18N2O4S2/c1-22(18,19)16-12-11-13-7-9-14(10-8-13)17-23(20,21)15-5-3-2-4-6-15/h2-10,16-17H,11-12H2,1H3. The molecule has 0 saturated heterocycles. The zero-order chi connectivity index (χ0) is 16.9. The molecule has 0 aromatic heterocycles. The van der Waals surface area contributed by atoms with Gasteiger partial charge in [-0.25, -0.2) is 21.6 Å². The van der Waals surface area contributed by atoms with Crippen LogP contribution in [0.2, 0.25) is 0 Å². The summed E-state index contributed by atoms with van der Waals surface area (Å²) in [7, 11) is -6.80. The van der Waals surface area contributed by atoms with Crippen LogP contribution in [0.25, 0.3) is 0 Å². The molecule has 6 nitrogen and oxygen atoms in total. The third kappa shape index (κ3) is 5.66. The predicted molar refractivity (Wildman–Crippen MR) is 90.2 cm³/mol. The minimum absolute atomic E-state index is 0.196. The van der Waals surface area contributed by atoms with Gasteiger partial charge in [0.15, 0.2) is 0 Å². The lowest BCUT2D eigenvalue weighted by atomic mass is 10.1. The average molecular weight is 354 g/mol. The Morgan fingerprint density at radius 2 is 1.48 bits per heavy atom. The Labute approximate surface area is 136 Å². The number of hydrogen-bond donors (Lipinski definition) is 2. The third-order valence-corrected chi connectivity index (χ3v) is 5.16. The van der Waals surface area contributed by atoms with Gasteiger partial charge in [-0.2, -0.15) is 0 Å². The average Bonchev–Trinajstić information content (AvgIpc) is 2.48.